The molecule has 5 nitrogen and oxygen atoms in total. The average molecular weight is 297 g/mol. The smallest absolute Gasteiger partial charge is 0.335 e. The molecule has 2 heterocycles. The predicted octanol–water partition coefficient (Wildman–Crippen LogP) is 2.82. The van der Waals surface area contributed by atoms with Crippen LogP contribution in [0.2, 0.25) is 0 Å². The minimum absolute atomic E-state index is 0.251. The average Bonchev–Trinajstić information content (AvgIpc) is 2.55. The van der Waals surface area contributed by atoms with Gasteiger partial charge in [0.2, 0.25) is 0 Å². The molecule has 1 atom stereocenters. The van der Waals surface area contributed by atoms with Gasteiger partial charge in [-0.05, 0) is 30.2 Å². The van der Waals surface area contributed by atoms with Gasteiger partial charge in [-0.3, -0.25) is 0 Å². The third-order valence-corrected chi connectivity index (χ3v) is 4.14. The Morgan fingerprint density at radius 1 is 1.41 bits per heavy atom. The molecule has 1 aromatic carbocycles. The third kappa shape index (κ3) is 2.88. The van der Waals surface area contributed by atoms with E-state index in [0.717, 1.165) is 19.5 Å². The second-order valence-electron chi connectivity index (χ2n) is 5.58. The molecule has 2 N–H and O–H groups in total. The summed E-state index contributed by atoms with van der Waals surface area (Å²) in [5, 5.41) is 12.3. The van der Waals surface area contributed by atoms with Crippen LogP contribution in [0.25, 0.3) is 0 Å². The highest BCUT2D eigenvalue weighted by Crippen LogP contribution is 2.34. The normalized spacial score (nSPS) is 17.0. The molecule has 1 aromatic heterocycles. The number of carboxylic acid groups (broad SMARTS) is 1. The second kappa shape index (κ2) is 6.05. The van der Waals surface area contributed by atoms with Gasteiger partial charge in [-0.2, -0.15) is 0 Å². The monoisotopic (exact) mass is 297 g/mol. The van der Waals surface area contributed by atoms with Crippen molar-refractivity contribution >= 4 is 17.5 Å². The first kappa shape index (κ1) is 14.4. The van der Waals surface area contributed by atoms with E-state index in [9.17, 15) is 4.79 Å². The highest BCUT2D eigenvalue weighted by Gasteiger charge is 2.22. The van der Waals surface area contributed by atoms with E-state index in [1.807, 2.05) is 0 Å². The molecule has 1 unspecified atom stereocenters. The summed E-state index contributed by atoms with van der Waals surface area (Å²) in [5.41, 5.74) is 2.85. The molecule has 0 fully saturated rings. The summed E-state index contributed by atoms with van der Waals surface area (Å²) in [6.07, 6.45) is 2.59. The van der Waals surface area contributed by atoms with Crippen molar-refractivity contribution in [3.63, 3.8) is 0 Å². The van der Waals surface area contributed by atoms with Crippen molar-refractivity contribution in [2.45, 2.75) is 12.3 Å². The minimum Gasteiger partial charge on any atom is -0.478 e. The SMILES string of the molecule is CN1CCC(CNc2cc(C(=O)O)ccn2)c2ccccc21. The van der Waals surface area contributed by atoms with E-state index in [1.165, 1.54) is 23.5 Å². The Balaban J connectivity index is 1.74. The minimum atomic E-state index is -0.935. The molecular formula is C17H19N3O2. The number of hydrogen-bond donors (Lipinski definition) is 2. The van der Waals surface area contributed by atoms with E-state index in [4.69, 9.17) is 5.11 Å². The Morgan fingerprint density at radius 2 is 2.23 bits per heavy atom. The van der Waals surface area contributed by atoms with Crippen molar-refractivity contribution in [2.75, 3.05) is 30.4 Å². The van der Waals surface area contributed by atoms with Crippen LogP contribution >= 0.6 is 0 Å². The van der Waals surface area contributed by atoms with E-state index < -0.39 is 5.97 Å². The van der Waals surface area contributed by atoms with Crippen LogP contribution in [-0.2, 0) is 0 Å². The lowest BCUT2D eigenvalue weighted by Crippen LogP contribution is -2.29. The predicted molar refractivity (Wildman–Crippen MR) is 86.8 cm³/mol. The Kier molecular flexibility index (Phi) is 3.96. The summed E-state index contributed by atoms with van der Waals surface area (Å²) >= 11 is 0. The van der Waals surface area contributed by atoms with Crippen LogP contribution in [0.1, 0.15) is 28.3 Å². The Bertz CT molecular complexity index is 687. The van der Waals surface area contributed by atoms with Crippen molar-refractivity contribution in [1.82, 2.24) is 4.98 Å². The van der Waals surface area contributed by atoms with Gasteiger partial charge in [-0.1, -0.05) is 18.2 Å². The number of fused-ring (bicyclic) bond motifs is 1. The number of nitrogens with zero attached hydrogens (tertiary/aromatic N) is 2. The van der Waals surface area contributed by atoms with Gasteiger partial charge in [0, 0.05) is 37.9 Å². The van der Waals surface area contributed by atoms with Gasteiger partial charge in [0.1, 0.15) is 5.82 Å². The molecule has 0 aliphatic carbocycles. The van der Waals surface area contributed by atoms with Crippen LogP contribution in [-0.4, -0.2) is 36.2 Å². The quantitative estimate of drug-likeness (QED) is 0.908. The van der Waals surface area contributed by atoms with Crippen LogP contribution in [0.5, 0.6) is 0 Å². The molecule has 0 amide bonds. The highest BCUT2D eigenvalue weighted by atomic mass is 16.4. The zero-order valence-corrected chi connectivity index (χ0v) is 12.5. The van der Waals surface area contributed by atoms with E-state index in [-0.39, 0.29) is 5.56 Å². The van der Waals surface area contributed by atoms with Crippen molar-refractivity contribution in [1.29, 1.82) is 0 Å². The van der Waals surface area contributed by atoms with Gasteiger partial charge < -0.3 is 15.3 Å². The summed E-state index contributed by atoms with van der Waals surface area (Å²) in [6, 6.07) is 11.5. The van der Waals surface area contributed by atoms with Crippen LogP contribution in [0, 0.1) is 0 Å². The van der Waals surface area contributed by atoms with Crippen LogP contribution in [0.4, 0.5) is 11.5 Å². The van der Waals surface area contributed by atoms with E-state index >= 15 is 0 Å². The molecule has 2 aromatic rings. The number of anilines is 2. The molecular weight excluding hydrogens is 278 g/mol. The Labute approximate surface area is 129 Å². The van der Waals surface area contributed by atoms with Crippen molar-refractivity contribution in [3.8, 4) is 0 Å². The topological polar surface area (TPSA) is 65.5 Å². The molecule has 1 aliphatic rings. The van der Waals surface area contributed by atoms with Crippen molar-refractivity contribution in [3.05, 3.63) is 53.7 Å². The maximum Gasteiger partial charge on any atom is 0.335 e. The summed E-state index contributed by atoms with van der Waals surface area (Å²) in [5.74, 6) is 0.0779. The highest BCUT2D eigenvalue weighted by molar-refractivity contribution is 5.88. The molecule has 3 rings (SSSR count). The molecule has 0 spiro atoms. The third-order valence-electron chi connectivity index (χ3n) is 4.14. The Morgan fingerprint density at radius 3 is 3.05 bits per heavy atom. The van der Waals surface area contributed by atoms with Gasteiger partial charge in [0.05, 0.1) is 5.56 Å². The molecule has 22 heavy (non-hydrogen) atoms. The molecule has 5 heteroatoms. The Hall–Kier alpha value is -2.56. The maximum absolute atomic E-state index is 11.0. The lowest BCUT2D eigenvalue weighted by molar-refractivity contribution is 0.0697. The van der Waals surface area contributed by atoms with Gasteiger partial charge in [-0.15, -0.1) is 0 Å². The number of nitrogens with one attached hydrogen (secondary N) is 1. The number of carbonyl (C=O) groups is 1. The van der Waals surface area contributed by atoms with Crippen LogP contribution in [0.15, 0.2) is 42.6 Å². The fourth-order valence-corrected chi connectivity index (χ4v) is 2.91. The number of para-hydroxylation sites is 1. The lowest BCUT2D eigenvalue weighted by Gasteiger charge is -2.33. The molecule has 0 radical (unpaired) electrons. The maximum atomic E-state index is 11.0. The van der Waals surface area contributed by atoms with Gasteiger partial charge in [0.15, 0.2) is 0 Å². The van der Waals surface area contributed by atoms with Crippen molar-refractivity contribution in [2.24, 2.45) is 0 Å². The molecule has 0 bridgehead atoms. The fraction of sp³-hybridized carbons (Fsp3) is 0.294. The molecule has 0 saturated heterocycles. The number of aromatic nitrogens is 1. The van der Waals surface area contributed by atoms with Gasteiger partial charge in [-0.25, -0.2) is 9.78 Å². The molecule has 114 valence electrons. The van der Waals surface area contributed by atoms with Crippen LogP contribution in [0.3, 0.4) is 0 Å². The standard InChI is InChI=1S/C17H19N3O2/c1-20-9-7-13(14-4-2-3-5-15(14)20)11-19-16-10-12(17(21)22)6-8-18-16/h2-6,8,10,13H,7,9,11H2,1H3,(H,18,19)(H,21,22). The molecule has 1 aliphatic heterocycles. The van der Waals surface area contributed by atoms with Gasteiger partial charge >= 0.3 is 5.97 Å². The van der Waals surface area contributed by atoms with Gasteiger partial charge in [0.25, 0.3) is 0 Å². The first-order valence-corrected chi connectivity index (χ1v) is 7.38. The molecule has 0 saturated carbocycles. The van der Waals surface area contributed by atoms with Crippen LogP contribution < -0.4 is 10.2 Å². The summed E-state index contributed by atoms with van der Waals surface area (Å²) in [6.45, 7) is 1.77. The zero-order chi connectivity index (χ0) is 15.5. The number of pyridine rings is 1. The largest absolute Gasteiger partial charge is 0.478 e. The number of aromatic carboxylic acids is 1. The number of hydrogen-bond acceptors (Lipinski definition) is 4. The van der Waals surface area contributed by atoms with E-state index in [1.54, 1.807) is 6.07 Å². The number of carboxylic acids is 1. The van der Waals surface area contributed by atoms with E-state index in [2.05, 4.69) is 46.5 Å². The number of rotatable bonds is 4. The first-order chi connectivity index (χ1) is 10.6. The van der Waals surface area contributed by atoms with Crippen molar-refractivity contribution < 1.29 is 9.90 Å². The fourth-order valence-electron chi connectivity index (χ4n) is 2.91. The summed E-state index contributed by atoms with van der Waals surface area (Å²) in [7, 11) is 2.11. The summed E-state index contributed by atoms with van der Waals surface area (Å²) < 4.78 is 0. The number of benzene rings is 1. The second-order valence-corrected chi connectivity index (χ2v) is 5.58. The zero-order valence-electron chi connectivity index (χ0n) is 12.5. The summed E-state index contributed by atoms with van der Waals surface area (Å²) in [4.78, 5) is 17.5. The lowest BCUT2D eigenvalue weighted by atomic mass is 9.90. The van der Waals surface area contributed by atoms with E-state index in [0.29, 0.717) is 11.7 Å². The first-order valence-electron chi connectivity index (χ1n) is 7.38.